The van der Waals surface area contributed by atoms with E-state index in [0.717, 1.165) is 0 Å². The molecule has 1 heterocycles. The zero-order chi connectivity index (χ0) is 13.9. The second-order valence-corrected chi connectivity index (χ2v) is 4.40. The molecule has 0 aromatic heterocycles. The first-order valence-electron chi connectivity index (χ1n) is 5.12. The number of carbonyl (C=O) groups excluding carboxylic acids is 1. The van der Waals surface area contributed by atoms with Crippen LogP contribution in [0, 0.1) is 0 Å². The highest BCUT2D eigenvalue weighted by atomic mass is 32.2. The fraction of sp³-hybridized carbons (Fsp3) is 0.400. The number of allylic oxidation sites excluding steroid dienone is 2. The second kappa shape index (κ2) is 5.76. The van der Waals surface area contributed by atoms with Crippen LogP contribution in [0.3, 0.4) is 0 Å². The van der Waals surface area contributed by atoms with Crippen LogP contribution < -0.4 is 0 Å². The van der Waals surface area contributed by atoms with Gasteiger partial charge >= 0.3 is 6.36 Å². The monoisotopic (exact) mass is 295 g/mol. The zero-order valence-electron chi connectivity index (χ0n) is 9.24. The van der Waals surface area contributed by atoms with Crippen molar-refractivity contribution >= 4 is 24.2 Å². The van der Waals surface area contributed by atoms with Crippen LogP contribution in [0.4, 0.5) is 13.2 Å². The molecule has 1 aliphatic heterocycles. The summed E-state index contributed by atoms with van der Waals surface area (Å²) in [5.41, 5.74) is 0. The number of hydrogen-bond donors (Lipinski definition) is 0. The molecule has 0 spiro atoms. The molecule has 2 rings (SSSR count). The van der Waals surface area contributed by atoms with E-state index < -0.39 is 11.6 Å². The van der Waals surface area contributed by atoms with E-state index in [1.807, 2.05) is 0 Å². The van der Waals surface area contributed by atoms with Crippen molar-refractivity contribution in [1.29, 1.82) is 0 Å². The highest BCUT2D eigenvalue weighted by Gasteiger charge is 2.35. The van der Waals surface area contributed by atoms with E-state index in [-0.39, 0.29) is 30.1 Å². The molecule has 0 amide bonds. The van der Waals surface area contributed by atoms with Crippen LogP contribution in [0.25, 0.3) is 0 Å². The maximum absolute atomic E-state index is 11.7. The number of nitrogens with zero attached hydrogens (tertiary/aromatic N) is 1. The van der Waals surface area contributed by atoms with Crippen molar-refractivity contribution in [2.24, 2.45) is 4.99 Å². The molecule has 0 N–H and O–H groups in total. The summed E-state index contributed by atoms with van der Waals surface area (Å²) in [6.45, 7) is 0. The van der Waals surface area contributed by atoms with Gasteiger partial charge in [0.1, 0.15) is 18.4 Å². The number of rotatable bonds is 5. The molecule has 0 aromatic rings. The molecule has 0 radical (unpaired) electrons. The molecule has 0 aromatic carbocycles. The van der Waals surface area contributed by atoms with Crippen LogP contribution in [0.2, 0.25) is 0 Å². The fourth-order valence-corrected chi connectivity index (χ4v) is 1.93. The number of aliphatic imine (C=N–C) groups is 1. The summed E-state index contributed by atoms with van der Waals surface area (Å²) in [7, 11) is 0. The highest BCUT2D eigenvalue weighted by Crippen LogP contribution is 2.27. The lowest BCUT2D eigenvalue weighted by atomic mass is 10.1. The number of ether oxygens (including phenoxy) is 1. The number of carbonyl (C=O) groups is 1. The van der Waals surface area contributed by atoms with Crippen LogP contribution in [0.15, 0.2) is 29.3 Å². The van der Waals surface area contributed by atoms with E-state index in [9.17, 15) is 18.0 Å². The third kappa shape index (κ3) is 3.82. The largest absolute Gasteiger partial charge is 0.550 e. The molecule has 19 heavy (non-hydrogen) atoms. The van der Waals surface area contributed by atoms with Gasteiger partial charge in [-0.1, -0.05) is 18.2 Å². The normalized spacial score (nSPS) is 26.6. The first-order valence-corrected chi connectivity index (χ1v) is 5.92. The van der Waals surface area contributed by atoms with Crippen molar-refractivity contribution in [1.82, 2.24) is 0 Å². The van der Waals surface area contributed by atoms with Gasteiger partial charge in [-0.05, 0) is 6.08 Å². The van der Waals surface area contributed by atoms with E-state index in [0.29, 0.717) is 6.29 Å². The Morgan fingerprint density at radius 1 is 1.42 bits per heavy atom. The summed E-state index contributed by atoms with van der Waals surface area (Å²) in [5, 5.41) is -1.12. The van der Waals surface area contributed by atoms with Gasteiger partial charge in [-0.3, -0.25) is 0 Å². The van der Waals surface area contributed by atoms with Crippen LogP contribution in [-0.2, 0) is 18.8 Å². The summed E-state index contributed by atoms with van der Waals surface area (Å²) in [4.78, 5) is 18.0. The Morgan fingerprint density at radius 2 is 2.16 bits per heavy atom. The predicted molar refractivity (Wildman–Crippen MR) is 60.0 cm³/mol. The molecular formula is C10H8F3NO4S. The number of fused-ring (bicyclic) bond motifs is 1. The van der Waals surface area contributed by atoms with Crippen molar-refractivity contribution in [2.45, 2.75) is 23.8 Å². The molecule has 3 unspecified atom stereocenters. The first-order chi connectivity index (χ1) is 8.99. The smallest absolute Gasteiger partial charge is 0.470 e. The molecule has 0 bridgehead atoms. The number of alkyl halides is 3. The summed E-state index contributed by atoms with van der Waals surface area (Å²) in [5.74, 6) is 0.0111. The summed E-state index contributed by atoms with van der Waals surface area (Å²) in [6, 6.07) is -0.272. The van der Waals surface area contributed by atoms with Gasteiger partial charge in [0.25, 0.3) is 0 Å². The van der Waals surface area contributed by atoms with E-state index in [1.165, 1.54) is 0 Å². The quantitative estimate of drug-likeness (QED) is 0.336. The maximum Gasteiger partial charge on any atom is 0.550 e. The van der Waals surface area contributed by atoms with Crippen molar-refractivity contribution in [3.8, 4) is 0 Å². The third-order valence-corrected chi connectivity index (χ3v) is 2.90. The predicted octanol–water partition coefficient (Wildman–Crippen LogP) is 1.96. The van der Waals surface area contributed by atoms with Gasteiger partial charge in [0.05, 0.1) is 12.0 Å². The molecule has 0 saturated carbocycles. The Balaban J connectivity index is 1.90. The van der Waals surface area contributed by atoms with Gasteiger partial charge in [-0.2, -0.15) is 4.33 Å². The summed E-state index contributed by atoms with van der Waals surface area (Å²) in [6.07, 6.45) is 2.12. The zero-order valence-corrected chi connectivity index (χ0v) is 10.1. The van der Waals surface area contributed by atoms with Gasteiger partial charge in [-0.25, -0.2) is 4.99 Å². The highest BCUT2D eigenvalue weighted by molar-refractivity contribution is 7.96. The molecule has 0 fully saturated rings. The first kappa shape index (κ1) is 14.1. The maximum atomic E-state index is 11.7. The van der Waals surface area contributed by atoms with Gasteiger partial charge in [0.15, 0.2) is 5.25 Å². The van der Waals surface area contributed by atoms with Crippen molar-refractivity contribution in [2.75, 3.05) is 0 Å². The molecule has 2 aliphatic rings. The lowest BCUT2D eigenvalue weighted by Gasteiger charge is -2.14. The average molecular weight is 295 g/mol. The third-order valence-electron chi connectivity index (χ3n) is 2.23. The van der Waals surface area contributed by atoms with Gasteiger partial charge < -0.3 is 9.53 Å². The Bertz CT molecular complexity index is 435. The minimum atomic E-state index is -4.93. The lowest BCUT2D eigenvalue weighted by Crippen LogP contribution is -2.24. The van der Waals surface area contributed by atoms with E-state index in [2.05, 4.69) is 14.2 Å². The fourth-order valence-electron chi connectivity index (χ4n) is 1.48. The van der Waals surface area contributed by atoms with E-state index in [4.69, 9.17) is 4.74 Å². The van der Waals surface area contributed by atoms with Crippen molar-refractivity contribution in [3.05, 3.63) is 24.3 Å². The van der Waals surface area contributed by atoms with Gasteiger partial charge in [-0.15, -0.1) is 18.1 Å². The Kier molecular flexibility index (Phi) is 4.27. The van der Waals surface area contributed by atoms with E-state index in [1.54, 1.807) is 24.3 Å². The molecular weight excluding hydrogens is 287 g/mol. The SMILES string of the molecule is O=CC(SOOC(F)(F)F)C1=NC2C=CC=CC2O1. The summed E-state index contributed by atoms with van der Waals surface area (Å²) < 4.78 is 44.3. The molecule has 104 valence electrons. The van der Waals surface area contributed by atoms with E-state index >= 15 is 0 Å². The Hall–Kier alpha value is -1.32. The molecule has 9 heteroatoms. The minimum Gasteiger partial charge on any atom is -0.470 e. The standard InChI is InChI=1S/C10H8F3NO4S/c11-10(12,13)17-18-19-8(5-15)9-14-6-3-1-2-4-7(6)16-9/h1-8H. The molecule has 1 aliphatic carbocycles. The number of halogens is 3. The molecule has 3 atom stereocenters. The van der Waals surface area contributed by atoms with Crippen molar-refractivity contribution in [3.63, 3.8) is 0 Å². The van der Waals surface area contributed by atoms with Crippen molar-refractivity contribution < 1.29 is 31.9 Å². The Morgan fingerprint density at radius 3 is 2.79 bits per heavy atom. The number of hydrogen-bond acceptors (Lipinski definition) is 6. The number of aldehydes is 1. The van der Waals surface area contributed by atoms with Crippen LogP contribution in [-0.4, -0.2) is 35.9 Å². The van der Waals surface area contributed by atoms with Gasteiger partial charge in [0, 0.05) is 0 Å². The lowest BCUT2D eigenvalue weighted by molar-refractivity contribution is -0.440. The second-order valence-electron chi connectivity index (χ2n) is 3.56. The topological polar surface area (TPSA) is 57.1 Å². The molecule has 0 saturated heterocycles. The summed E-state index contributed by atoms with van der Waals surface area (Å²) >= 11 is 0.177. The van der Waals surface area contributed by atoms with Gasteiger partial charge in [0.2, 0.25) is 5.90 Å². The average Bonchev–Trinajstić information content (AvgIpc) is 2.76. The van der Waals surface area contributed by atoms with Crippen LogP contribution in [0.1, 0.15) is 0 Å². The minimum absolute atomic E-state index is 0.0111. The van der Waals surface area contributed by atoms with Crippen LogP contribution in [0.5, 0.6) is 0 Å². The van der Waals surface area contributed by atoms with Crippen LogP contribution >= 0.6 is 12.0 Å². The molecule has 5 nitrogen and oxygen atoms in total. The Labute approximate surface area is 110 Å².